The summed E-state index contributed by atoms with van der Waals surface area (Å²) in [5, 5.41) is 0.550. The number of aldehydes is 1. The zero-order valence-electron chi connectivity index (χ0n) is 10.8. The van der Waals surface area contributed by atoms with E-state index in [1.54, 1.807) is 19.2 Å². The molecule has 0 amide bonds. The third-order valence-corrected chi connectivity index (χ3v) is 3.17. The van der Waals surface area contributed by atoms with Gasteiger partial charge in [-0.1, -0.05) is 11.6 Å². The minimum Gasteiger partial charge on any atom is -0.497 e. The molecule has 19 heavy (non-hydrogen) atoms. The summed E-state index contributed by atoms with van der Waals surface area (Å²) >= 11 is 5.89. The molecule has 0 aliphatic heterocycles. The summed E-state index contributed by atoms with van der Waals surface area (Å²) in [4.78, 5) is 13.0. The molecule has 0 saturated carbocycles. The van der Waals surface area contributed by atoms with E-state index in [4.69, 9.17) is 16.3 Å². The van der Waals surface area contributed by atoms with E-state index in [2.05, 4.69) is 0 Å². The Balaban J connectivity index is 2.37. The smallest absolute Gasteiger partial charge is 0.152 e. The molecule has 4 heteroatoms. The van der Waals surface area contributed by atoms with Crippen molar-refractivity contribution in [3.8, 4) is 5.75 Å². The highest BCUT2D eigenvalue weighted by Crippen LogP contribution is 2.29. The van der Waals surface area contributed by atoms with Gasteiger partial charge in [0.05, 0.1) is 12.8 Å². The van der Waals surface area contributed by atoms with Crippen LogP contribution < -0.4 is 9.64 Å². The second-order valence-corrected chi connectivity index (χ2v) is 4.51. The van der Waals surface area contributed by atoms with Crippen molar-refractivity contribution >= 4 is 29.3 Å². The molecule has 0 radical (unpaired) electrons. The van der Waals surface area contributed by atoms with Gasteiger partial charge in [0.1, 0.15) is 5.75 Å². The van der Waals surface area contributed by atoms with Gasteiger partial charge < -0.3 is 9.64 Å². The highest BCUT2D eigenvalue weighted by molar-refractivity contribution is 6.31. The molecule has 0 fully saturated rings. The van der Waals surface area contributed by atoms with E-state index in [1.807, 2.05) is 42.3 Å². The van der Waals surface area contributed by atoms with Crippen LogP contribution in [0.5, 0.6) is 5.75 Å². The zero-order chi connectivity index (χ0) is 13.8. The Morgan fingerprint density at radius 1 is 1.16 bits per heavy atom. The van der Waals surface area contributed by atoms with Gasteiger partial charge in [0.2, 0.25) is 0 Å². The van der Waals surface area contributed by atoms with Crippen molar-refractivity contribution in [3.63, 3.8) is 0 Å². The number of benzene rings is 2. The lowest BCUT2D eigenvalue weighted by Crippen LogP contribution is -2.11. The first-order chi connectivity index (χ1) is 9.15. The lowest BCUT2D eigenvalue weighted by atomic mass is 10.1. The van der Waals surface area contributed by atoms with Crippen LogP contribution in [0.15, 0.2) is 42.5 Å². The monoisotopic (exact) mass is 275 g/mol. The maximum absolute atomic E-state index is 11.1. The maximum atomic E-state index is 11.1. The Morgan fingerprint density at radius 2 is 1.84 bits per heavy atom. The molecule has 2 aromatic carbocycles. The van der Waals surface area contributed by atoms with Gasteiger partial charge in [0.15, 0.2) is 6.29 Å². The van der Waals surface area contributed by atoms with Crippen LogP contribution in [-0.2, 0) is 0 Å². The van der Waals surface area contributed by atoms with Gasteiger partial charge in [-0.2, -0.15) is 0 Å². The number of halogens is 1. The van der Waals surface area contributed by atoms with Crippen molar-refractivity contribution in [1.29, 1.82) is 0 Å². The number of anilines is 2. The maximum Gasteiger partial charge on any atom is 0.152 e. The first-order valence-electron chi connectivity index (χ1n) is 5.78. The SMILES string of the molecule is COc1ccc(N(C)c2ccc(Cl)cc2C=O)cc1. The normalized spacial score (nSPS) is 10.1. The Kier molecular flexibility index (Phi) is 4.07. The number of hydrogen-bond acceptors (Lipinski definition) is 3. The highest BCUT2D eigenvalue weighted by atomic mass is 35.5. The molecule has 0 heterocycles. The average Bonchev–Trinajstić information content (AvgIpc) is 2.46. The highest BCUT2D eigenvalue weighted by Gasteiger charge is 2.09. The van der Waals surface area contributed by atoms with Crippen molar-refractivity contribution in [3.05, 3.63) is 53.1 Å². The Labute approximate surface area is 117 Å². The molecular formula is C15H14ClNO2. The van der Waals surface area contributed by atoms with Gasteiger partial charge in [-0.3, -0.25) is 4.79 Å². The van der Waals surface area contributed by atoms with Crippen molar-refractivity contribution in [2.75, 3.05) is 19.1 Å². The summed E-state index contributed by atoms with van der Waals surface area (Å²) in [5.41, 5.74) is 2.33. The van der Waals surface area contributed by atoms with Crippen molar-refractivity contribution in [2.45, 2.75) is 0 Å². The molecule has 0 bridgehead atoms. The van der Waals surface area contributed by atoms with Gasteiger partial charge in [0, 0.05) is 23.3 Å². The predicted molar refractivity (Wildman–Crippen MR) is 77.9 cm³/mol. The van der Waals surface area contributed by atoms with E-state index < -0.39 is 0 Å². The molecule has 3 nitrogen and oxygen atoms in total. The Bertz CT molecular complexity index is 581. The van der Waals surface area contributed by atoms with Gasteiger partial charge >= 0.3 is 0 Å². The topological polar surface area (TPSA) is 29.5 Å². The fraction of sp³-hybridized carbons (Fsp3) is 0.133. The second-order valence-electron chi connectivity index (χ2n) is 4.08. The van der Waals surface area contributed by atoms with E-state index in [9.17, 15) is 4.79 Å². The average molecular weight is 276 g/mol. The molecule has 0 aliphatic carbocycles. The molecule has 0 aromatic heterocycles. The number of rotatable bonds is 4. The zero-order valence-corrected chi connectivity index (χ0v) is 11.5. The van der Waals surface area contributed by atoms with E-state index in [0.717, 1.165) is 23.4 Å². The number of nitrogens with zero attached hydrogens (tertiary/aromatic N) is 1. The van der Waals surface area contributed by atoms with E-state index in [0.29, 0.717) is 10.6 Å². The third-order valence-electron chi connectivity index (χ3n) is 2.94. The van der Waals surface area contributed by atoms with Crippen molar-refractivity contribution < 1.29 is 9.53 Å². The van der Waals surface area contributed by atoms with Gasteiger partial charge in [-0.15, -0.1) is 0 Å². The second kappa shape index (κ2) is 5.76. The largest absolute Gasteiger partial charge is 0.497 e. The van der Waals surface area contributed by atoms with E-state index >= 15 is 0 Å². The number of methoxy groups -OCH3 is 1. The lowest BCUT2D eigenvalue weighted by molar-refractivity contribution is 0.112. The molecule has 98 valence electrons. The molecule has 2 rings (SSSR count). The molecule has 0 unspecified atom stereocenters. The third kappa shape index (κ3) is 2.88. The number of carbonyl (C=O) groups excluding carboxylic acids is 1. The first-order valence-corrected chi connectivity index (χ1v) is 6.16. The minimum atomic E-state index is 0.550. The van der Waals surface area contributed by atoms with Gasteiger partial charge in [-0.25, -0.2) is 0 Å². The van der Waals surface area contributed by atoms with Crippen LogP contribution in [0.25, 0.3) is 0 Å². The van der Waals surface area contributed by atoms with Crippen LogP contribution in [0.1, 0.15) is 10.4 Å². The van der Waals surface area contributed by atoms with Crippen LogP contribution in [0.3, 0.4) is 0 Å². The van der Waals surface area contributed by atoms with Crippen LogP contribution in [-0.4, -0.2) is 20.4 Å². The van der Waals surface area contributed by atoms with Crippen LogP contribution >= 0.6 is 11.6 Å². The summed E-state index contributed by atoms with van der Waals surface area (Å²) in [5.74, 6) is 0.795. The summed E-state index contributed by atoms with van der Waals surface area (Å²) in [6.07, 6.45) is 0.807. The molecule has 0 saturated heterocycles. The minimum absolute atomic E-state index is 0.550. The molecular weight excluding hydrogens is 262 g/mol. The fourth-order valence-corrected chi connectivity index (χ4v) is 2.05. The van der Waals surface area contributed by atoms with E-state index in [-0.39, 0.29) is 0 Å². The van der Waals surface area contributed by atoms with Crippen molar-refractivity contribution in [1.82, 2.24) is 0 Å². The number of carbonyl (C=O) groups is 1. The predicted octanol–water partition coefficient (Wildman–Crippen LogP) is 3.93. The van der Waals surface area contributed by atoms with Crippen LogP contribution in [0.2, 0.25) is 5.02 Å². The van der Waals surface area contributed by atoms with E-state index in [1.165, 1.54) is 0 Å². The quantitative estimate of drug-likeness (QED) is 0.792. The van der Waals surface area contributed by atoms with Crippen molar-refractivity contribution in [2.24, 2.45) is 0 Å². The number of ether oxygens (including phenoxy) is 1. The van der Waals surface area contributed by atoms with Gasteiger partial charge in [0.25, 0.3) is 0 Å². The van der Waals surface area contributed by atoms with Crippen LogP contribution in [0, 0.1) is 0 Å². The Morgan fingerprint density at radius 3 is 2.42 bits per heavy atom. The summed E-state index contributed by atoms with van der Waals surface area (Å²) < 4.78 is 5.12. The van der Waals surface area contributed by atoms with Crippen LogP contribution in [0.4, 0.5) is 11.4 Å². The molecule has 0 aliphatic rings. The lowest BCUT2D eigenvalue weighted by Gasteiger charge is -2.21. The summed E-state index contributed by atoms with van der Waals surface area (Å²) in [6, 6.07) is 12.9. The Hall–Kier alpha value is -2.00. The molecule has 0 atom stereocenters. The number of hydrogen-bond donors (Lipinski definition) is 0. The first kappa shape index (κ1) is 13.4. The van der Waals surface area contributed by atoms with Gasteiger partial charge in [-0.05, 0) is 42.5 Å². The molecule has 2 aromatic rings. The molecule has 0 N–H and O–H groups in total. The standard InChI is InChI=1S/C15H14ClNO2/c1-17(13-4-6-14(19-2)7-5-13)15-8-3-12(16)9-11(15)10-18/h3-10H,1-2H3. The summed E-state index contributed by atoms with van der Waals surface area (Å²) in [6.45, 7) is 0. The fourth-order valence-electron chi connectivity index (χ4n) is 1.87. The summed E-state index contributed by atoms with van der Waals surface area (Å²) in [7, 11) is 3.53. The molecule has 0 spiro atoms.